The largest absolute Gasteiger partial charge is 0.378 e. The SMILES string of the molecule is CCNC(=NCc1ccc(N2CCOCC2)cc1)NCC(C)Cc1cccs1. The maximum absolute atomic E-state index is 5.43. The van der Waals surface area contributed by atoms with Crippen LogP contribution in [0.1, 0.15) is 24.3 Å². The molecule has 1 aromatic heterocycles. The summed E-state index contributed by atoms with van der Waals surface area (Å²) in [6.07, 6.45) is 1.10. The van der Waals surface area contributed by atoms with Gasteiger partial charge in [-0.2, -0.15) is 0 Å². The fourth-order valence-electron chi connectivity index (χ4n) is 3.26. The van der Waals surface area contributed by atoms with Crippen LogP contribution in [-0.4, -0.2) is 45.4 Å². The molecule has 2 N–H and O–H groups in total. The predicted molar refractivity (Wildman–Crippen MR) is 119 cm³/mol. The first kappa shape index (κ1) is 20.7. The lowest BCUT2D eigenvalue weighted by molar-refractivity contribution is 0.122. The van der Waals surface area contributed by atoms with Crippen LogP contribution in [0.3, 0.4) is 0 Å². The number of rotatable bonds is 8. The van der Waals surface area contributed by atoms with E-state index >= 15 is 0 Å². The van der Waals surface area contributed by atoms with E-state index in [1.165, 1.54) is 16.1 Å². The van der Waals surface area contributed by atoms with Crippen LogP contribution < -0.4 is 15.5 Å². The minimum absolute atomic E-state index is 0.565. The zero-order valence-electron chi connectivity index (χ0n) is 17.0. The smallest absolute Gasteiger partial charge is 0.191 e. The Morgan fingerprint density at radius 3 is 2.64 bits per heavy atom. The molecule has 1 saturated heterocycles. The van der Waals surface area contributed by atoms with E-state index in [-0.39, 0.29) is 0 Å². The van der Waals surface area contributed by atoms with Gasteiger partial charge in [-0.05, 0) is 48.4 Å². The molecule has 0 radical (unpaired) electrons. The second kappa shape index (κ2) is 11.1. The van der Waals surface area contributed by atoms with Crippen LogP contribution in [0.5, 0.6) is 0 Å². The van der Waals surface area contributed by atoms with E-state index in [1.807, 2.05) is 11.3 Å². The Hall–Kier alpha value is -2.05. The molecule has 0 amide bonds. The van der Waals surface area contributed by atoms with Gasteiger partial charge in [0.05, 0.1) is 19.8 Å². The molecule has 2 aromatic rings. The molecular weight excluding hydrogens is 368 g/mol. The van der Waals surface area contributed by atoms with E-state index in [0.29, 0.717) is 12.5 Å². The Morgan fingerprint density at radius 1 is 1.18 bits per heavy atom. The summed E-state index contributed by atoms with van der Waals surface area (Å²) in [4.78, 5) is 8.57. The zero-order valence-corrected chi connectivity index (χ0v) is 17.8. The highest BCUT2D eigenvalue weighted by atomic mass is 32.1. The third kappa shape index (κ3) is 6.53. The number of hydrogen-bond acceptors (Lipinski definition) is 4. The monoisotopic (exact) mass is 400 g/mol. The molecule has 0 aliphatic carbocycles. The van der Waals surface area contributed by atoms with E-state index in [0.717, 1.165) is 51.8 Å². The minimum atomic E-state index is 0.565. The Kier molecular flexibility index (Phi) is 8.18. The predicted octanol–water partition coefficient (Wildman–Crippen LogP) is 3.52. The Bertz CT molecular complexity index is 709. The van der Waals surface area contributed by atoms with Crippen LogP contribution in [0.4, 0.5) is 5.69 Å². The molecule has 0 saturated carbocycles. The van der Waals surface area contributed by atoms with Gasteiger partial charge in [-0.15, -0.1) is 11.3 Å². The van der Waals surface area contributed by atoms with Gasteiger partial charge >= 0.3 is 0 Å². The summed E-state index contributed by atoms with van der Waals surface area (Å²) in [6, 6.07) is 13.1. The number of morpholine rings is 1. The maximum atomic E-state index is 5.43. The number of hydrogen-bond donors (Lipinski definition) is 2. The average Bonchev–Trinajstić information content (AvgIpc) is 3.24. The number of ether oxygens (including phenoxy) is 1. The topological polar surface area (TPSA) is 48.9 Å². The molecule has 6 heteroatoms. The van der Waals surface area contributed by atoms with Crippen LogP contribution in [-0.2, 0) is 17.7 Å². The minimum Gasteiger partial charge on any atom is -0.378 e. The van der Waals surface area contributed by atoms with Crippen molar-refractivity contribution in [2.75, 3.05) is 44.3 Å². The molecule has 1 aromatic carbocycles. The third-order valence-corrected chi connectivity index (χ3v) is 5.72. The molecule has 0 spiro atoms. The molecule has 1 atom stereocenters. The number of nitrogens with zero attached hydrogens (tertiary/aromatic N) is 2. The summed E-state index contributed by atoms with van der Waals surface area (Å²) < 4.78 is 5.43. The summed E-state index contributed by atoms with van der Waals surface area (Å²) in [5, 5.41) is 8.98. The second-order valence-corrected chi connectivity index (χ2v) is 8.26. The van der Waals surface area contributed by atoms with E-state index in [1.54, 1.807) is 0 Å². The summed E-state index contributed by atoms with van der Waals surface area (Å²) in [5.41, 5.74) is 2.49. The molecule has 1 fully saturated rings. The second-order valence-electron chi connectivity index (χ2n) is 7.23. The maximum Gasteiger partial charge on any atom is 0.191 e. The molecule has 0 bridgehead atoms. The normalized spacial score (nSPS) is 16.1. The van der Waals surface area contributed by atoms with E-state index < -0.39 is 0 Å². The van der Waals surface area contributed by atoms with Gasteiger partial charge in [-0.3, -0.25) is 0 Å². The van der Waals surface area contributed by atoms with Crippen LogP contribution in [0.15, 0.2) is 46.8 Å². The Morgan fingerprint density at radius 2 is 1.96 bits per heavy atom. The van der Waals surface area contributed by atoms with Gasteiger partial charge in [0.15, 0.2) is 5.96 Å². The van der Waals surface area contributed by atoms with Crippen molar-refractivity contribution in [2.24, 2.45) is 10.9 Å². The van der Waals surface area contributed by atoms with E-state index in [9.17, 15) is 0 Å². The number of nitrogens with one attached hydrogen (secondary N) is 2. The highest BCUT2D eigenvalue weighted by Crippen LogP contribution is 2.17. The van der Waals surface area contributed by atoms with Crippen LogP contribution in [0.25, 0.3) is 0 Å². The van der Waals surface area contributed by atoms with Crippen molar-refractivity contribution < 1.29 is 4.74 Å². The van der Waals surface area contributed by atoms with Gasteiger partial charge in [-0.1, -0.05) is 25.1 Å². The number of guanidine groups is 1. The third-order valence-electron chi connectivity index (χ3n) is 4.82. The van der Waals surface area contributed by atoms with Crippen LogP contribution in [0.2, 0.25) is 0 Å². The van der Waals surface area contributed by atoms with Gasteiger partial charge in [-0.25, -0.2) is 4.99 Å². The molecule has 1 unspecified atom stereocenters. The number of anilines is 1. The lowest BCUT2D eigenvalue weighted by Gasteiger charge is -2.28. The van der Waals surface area contributed by atoms with Gasteiger partial charge in [0, 0.05) is 36.7 Å². The molecule has 5 nitrogen and oxygen atoms in total. The quantitative estimate of drug-likeness (QED) is 0.526. The lowest BCUT2D eigenvalue weighted by Crippen LogP contribution is -2.39. The van der Waals surface area contributed by atoms with Crippen LogP contribution >= 0.6 is 11.3 Å². The molecular formula is C22H32N4OS. The Labute approximate surface area is 172 Å². The fourth-order valence-corrected chi connectivity index (χ4v) is 4.13. The standard InChI is InChI=1S/C22H32N4OS/c1-3-23-22(24-16-18(2)15-21-5-4-14-28-21)25-17-19-6-8-20(9-7-19)26-10-12-27-13-11-26/h4-9,14,18H,3,10-13,15-17H2,1-2H3,(H2,23,24,25). The zero-order chi connectivity index (χ0) is 19.6. The Balaban J connectivity index is 1.50. The summed E-state index contributed by atoms with van der Waals surface area (Å²) in [5.74, 6) is 1.45. The van der Waals surface area contributed by atoms with Crippen molar-refractivity contribution in [2.45, 2.75) is 26.8 Å². The first-order valence-electron chi connectivity index (χ1n) is 10.2. The van der Waals surface area contributed by atoms with Gasteiger partial charge in [0.2, 0.25) is 0 Å². The van der Waals surface area contributed by atoms with Crippen molar-refractivity contribution in [1.29, 1.82) is 0 Å². The molecule has 28 heavy (non-hydrogen) atoms. The average molecular weight is 401 g/mol. The molecule has 152 valence electrons. The number of benzene rings is 1. The lowest BCUT2D eigenvalue weighted by atomic mass is 10.1. The molecule has 1 aliphatic heterocycles. The van der Waals surface area contributed by atoms with Crippen molar-refractivity contribution in [3.63, 3.8) is 0 Å². The highest BCUT2D eigenvalue weighted by Gasteiger charge is 2.11. The number of thiophene rings is 1. The molecule has 1 aliphatic rings. The van der Waals surface area contributed by atoms with Gasteiger partial charge in [0.1, 0.15) is 0 Å². The fraction of sp³-hybridized carbons (Fsp3) is 0.500. The number of aliphatic imine (C=N–C) groups is 1. The van der Waals surface area contributed by atoms with Crippen molar-refractivity contribution in [3.8, 4) is 0 Å². The molecule has 2 heterocycles. The van der Waals surface area contributed by atoms with Crippen LogP contribution in [0, 0.1) is 5.92 Å². The van der Waals surface area contributed by atoms with Crippen molar-refractivity contribution >= 4 is 23.0 Å². The van der Waals surface area contributed by atoms with Gasteiger partial charge < -0.3 is 20.3 Å². The first-order chi connectivity index (χ1) is 13.7. The summed E-state index contributed by atoms with van der Waals surface area (Å²) >= 11 is 1.83. The summed E-state index contributed by atoms with van der Waals surface area (Å²) in [7, 11) is 0. The molecule has 3 rings (SSSR count). The summed E-state index contributed by atoms with van der Waals surface area (Å²) in [6.45, 7) is 10.4. The highest BCUT2D eigenvalue weighted by molar-refractivity contribution is 7.09. The van der Waals surface area contributed by atoms with E-state index in [4.69, 9.17) is 9.73 Å². The van der Waals surface area contributed by atoms with Crippen molar-refractivity contribution in [1.82, 2.24) is 10.6 Å². The van der Waals surface area contributed by atoms with Gasteiger partial charge in [0.25, 0.3) is 0 Å². The first-order valence-corrected chi connectivity index (χ1v) is 11.1. The van der Waals surface area contributed by atoms with Crippen molar-refractivity contribution in [3.05, 3.63) is 52.2 Å². The van der Waals surface area contributed by atoms with E-state index in [2.05, 4.69) is 71.2 Å².